The molecule has 2 N–H and O–H groups in total. The maximum atomic E-state index is 13.4. The lowest BCUT2D eigenvalue weighted by Crippen LogP contribution is -2.46. The Morgan fingerprint density at radius 3 is 2.32 bits per heavy atom. The Labute approximate surface area is 121 Å². The summed E-state index contributed by atoms with van der Waals surface area (Å²) in [5, 5.41) is 13.0. The number of rotatable bonds is 5. The molecule has 0 aliphatic rings. The van der Waals surface area contributed by atoms with E-state index < -0.39 is 17.2 Å². The van der Waals surface area contributed by atoms with Crippen molar-refractivity contribution in [3.8, 4) is 0 Å². The van der Waals surface area contributed by atoms with Crippen LogP contribution in [0.15, 0.2) is 28.7 Å². The fourth-order valence-corrected chi connectivity index (χ4v) is 1.89. The molecular formula is C14H19BrFNO2. The van der Waals surface area contributed by atoms with Gasteiger partial charge in [0.05, 0.1) is 6.54 Å². The predicted octanol–water partition coefficient (Wildman–Crippen LogP) is 2.91. The van der Waals surface area contributed by atoms with E-state index in [1.54, 1.807) is 12.1 Å². The van der Waals surface area contributed by atoms with E-state index in [-0.39, 0.29) is 6.54 Å². The Kier molecular flexibility index (Phi) is 5.10. The van der Waals surface area contributed by atoms with E-state index in [0.717, 1.165) is 4.47 Å². The molecule has 106 valence electrons. The van der Waals surface area contributed by atoms with Crippen molar-refractivity contribution in [2.75, 3.05) is 6.54 Å². The monoisotopic (exact) mass is 331 g/mol. The van der Waals surface area contributed by atoms with Crippen molar-refractivity contribution in [2.45, 2.75) is 38.5 Å². The molecule has 0 radical (unpaired) electrons. The molecule has 1 rings (SSSR count). The Bertz CT molecular complexity index is 442. The molecular weight excluding hydrogens is 313 g/mol. The molecule has 19 heavy (non-hydrogen) atoms. The SMILES string of the molecule is CCC(O)(CNC(=O)C(C)(C)F)c1ccc(Br)cc1. The highest BCUT2D eigenvalue weighted by atomic mass is 79.9. The van der Waals surface area contributed by atoms with Gasteiger partial charge in [0.1, 0.15) is 5.60 Å². The number of amides is 1. The van der Waals surface area contributed by atoms with E-state index in [9.17, 15) is 14.3 Å². The molecule has 0 saturated heterocycles. The fourth-order valence-electron chi connectivity index (χ4n) is 1.63. The van der Waals surface area contributed by atoms with Gasteiger partial charge in [-0.15, -0.1) is 0 Å². The lowest BCUT2D eigenvalue weighted by Gasteiger charge is -2.28. The van der Waals surface area contributed by atoms with Crippen molar-refractivity contribution in [3.63, 3.8) is 0 Å². The van der Waals surface area contributed by atoms with Crippen LogP contribution in [0.1, 0.15) is 32.8 Å². The maximum absolute atomic E-state index is 13.4. The van der Waals surface area contributed by atoms with Gasteiger partial charge < -0.3 is 10.4 Å². The Balaban J connectivity index is 2.81. The van der Waals surface area contributed by atoms with Crippen LogP contribution in [0.3, 0.4) is 0 Å². The van der Waals surface area contributed by atoms with Crippen molar-refractivity contribution in [1.82, 2.24) is 5.32 Å². The average Bonchev–Trinajstić information content (AvgIpc) is 2.35. The van der Waals surface area contributed by atoms with Gasteiger partial charge >= 0.3 is 0 Å². The number of benzene rings is 1. The zero-order valence-electron chi connectivity index (χ0n) is 11.3. The first-order chi connectivity index (χ1) is 8.69. The van der Waals surface area contributed by atoms with Crippen LogP contribution in [0, 0.1) is 0 Å². The standard InChI is InChI=1S/C14H19BrFNO2/c1-4-14(19,9-17-12(18)13(2,3)16)10-5-7-11(15)8-6-10/h5-8,19H,4,9H2,1-3H3,(H,17,18). The van der Waals surface area contributed by atoms with Crippen molar-refractivity contribution in [1.29, 1.82) is 0 Å². The zero-order valence-corrected chi connectivity index (χ0v) is 12.9. The molecule has 0 saturated carbocycles. The first-order valence-corrected chi connectivity index (χ1v) is 6.94. The van der Waals surface area contributed by atoms with Crippen molar-refractivity contribution in [2.24, 2.45) is 0 Å². The smallest absolute Gasteiger partial charge is 0.257 e. The largest absolute Gasteiger partial charge is 0.383 e. The first kappa shape index (κ1) is 16.1. The summed E-state index contributed by atoms with van der Waals surface area (Å²) in [6.07, 6.45) is 0.418. The summed E-state index contributed by atoms with van der Waals surface area (Å²) in [6.45, 7) is 4.17. The third-order valence-electron chi connectivity index (χ3n) is 3.05. The first-order valence-electron chi connectivity index (χ1n) is 6.14. The molecule has 1 atom stereocenters. The molecule has 0 fully saturated rings. The Morgan fingerprint density at radius 1 is 1.37 bits per heavy atom. The van der Waals surface area contributed by atoms with E-state index in [2.05, 4.69) is 21.2 Å². The molecule has 1 aromatic carbocycles. The molecule has 3 nitrogen and oxygen atoms in total. The zero-order chi connectivity index (χ0) is 14.7. The van der Waals surface area contributed by atoms with Crippen LogP contribution in [0.5, 0.6) is 0 Å². The van der Waals surface area contributed by atoms with Crippen molar-refractivity contribution >= 4 is 21.8 Å². The molecule has 0 aliphatic carbocycles. The van der Waals surface area contributed by atoms with Crippen LogP contribution in [-0.2, 0) is 10.4 Å². The number of nitrogens with one attached hydrogen (secondary N) is 1. The highest BCUT2D eigenvalue weighted by Gasteiger charge is 2.32. The van der Waals surface area contributed by atoms with Crippen LogP contribution in [0.4, 0.5) is 4.39 Å². The Morgan fingerprint density at radius 2 is 1.89 bits per heavy atom. The van der Waals surface area contributed by atoms with E-state index >= 15 is 0 Å². The summed E-state index contributed by atoms with van der Waals surface area (Å²) in [5.74, 6) is -0.725. The van der Waals surface area contributed by atoms with E-state index in [1.165, 1.54) is 13.8 Å². The summed E-state index contributed by atoms with van der Waals surface area (Å²) in [7, 11) is 0. The lowest BCUT2D eigenvalue weighted by atomic mass is 9.91. The van der Waals surface area contributed by atoms with E-state index in [0.29, 0.717) is 12.0 Å². The highest BCUT2D eigenvalue weighted by Crippen LogP contribution is 2.26. The quantitative estimate of drug-likeness (QED) is 0.871. The van der Waals surface area contributed by atoms with Crippen molar-refractivity contribution in [3.05, 3.63) is 34.3 Å². The fraction of sp³-hybridized carbons (Fsp3) is 0.500. The van der Waals surface area contributed by atoms with Gasteiger partial charge in [0.2, 0.25) is 0 Å². The van der Waals surface area contributed by atoms with Crippen LogP contribution < -0.4 is 5.32 Å². The van der Waals surface area contributed by atoms with Crippen LogP contribution in [0.2, 0.25) is 0 Å². The molecule has 5 heteroatoms. The van der Waals surface area contributed by atoms with E-state index in [4.69, 9.17) is 0 Å². The van der Waals surface area contributed by atoms with Crippen molar-refractivity contribution < 1.29 is 14.3 Å². The molecule has 0 bridgehead atoms. The third kappa shape index (κ3) is 4.28. The van der Waals surface area contributed by atoms with Gasteiger partial charge in [-0.05, 0) is 38.0 Å². The summed E-state index contributed by atoms with van der Waals surface area (Å²) in [4.78, 5) is 11.5. The highest BCUT2D eigenvalue weighted by molar-refractivity contribution is 9.10. The Hall–Kier alpha value is -0.940. The molecule has 1 unspecified atom stereocenters. The summed E-state index contributed by atoms with van der Waals surface area (Å²) >= 11 is 3.32. The number of aliphatic hydroxyl groups is 1. The average molecular weight is 332 g/mol. The van der Waals surface area contributed by atoms with Crippen LogP contribution >= 0.6 is 15.9 Å². The van der Waals surface area contributed by atoms with Crippen LogP contribution in [-0.4, -0.2) is 23.2 Å². The number of carbonyl (C=O) groups excluding carboxylic acids is 1. The van der Waals surface area contributed by atoms with Gasteiger partial charge in [-0.25, -0.2) is 4.39 Å². The maximum Gasteiger partial charge on any atom is 0.257 e. The molecule has 0 aliphatic heterocycles. The molecule has 1 amide bonds. The van der Waals surface area contributed by atoms with Gasteiger partial charge in [0.25, 0.3) is 5.91 Å². The summed E-state index contributed by atoms with van der Waals surface area (Å²) in [5.41, 5.74) is -2.45. The molecule has 0 aromatic heterocycles. The number of halogens is 2. The molecule has 0 heterocycles. The minimum Gasteiger partial charge on any atom is -0.383 e. The minimum atomic E-state index is -1.95. The van der Waals surface area contributed by atoms with Gasteiger partial charge in [-0.2, -0.15) is 0 Å². The second kappa shape index (κ2) is 6.01. The van der Waals surface area contributed by atoms with E-state index in [1.807, 2.05) is 19.1 Å². The third-order valence-corrected chi connectivity index (χ3v) is 3.58. The second-order valence-electron chi connectivity index (χ2n) is 5.05. The predicted molar refractivity (Wildman–Crippen MR) is 76.5 cm³/mol. The van der Waals surface area contributed by atoms with Gasteiger partial charge in [0.15, 0.2) is 5.67 Å². The number of hydrogen-bond donors (Lipinski definition) is 2. The van der Waals surface area contributed by atoms with Gasteiger partial charge in [0, 0.05) is 4.47 Å². The summed E-state index contributed by atoms with van der Waals surface area (Å²) in [6, 6.07) is 7.19. The topological polar surface area (TPSA) is 49.3 Å². The normalized spacial score (nSPS) is 14.8. The lowest BCUT2D eigenvalue weighted by molar-refractivity contribution is -0.132. The number of carbonyl (C=O) groups is 1. The van der Waals surface area contributed by atoms with Crippen LogP contribution in [0.25, 0.3) is 0 Å². The molecule has 0 spiro atoms. The number of hydrogen-bond acceptors (Lipinski definition) is 2. The minimum absolute atomic E-state index is 0.0166. The molecule has 1 aromatic rings. The van der Waals surface area contributed by atoms with Gasteiger partial charge in [-0.3, -0.25) is 4.79 Å². The summed E-state index contributed by atoms with van der Waals surface area (Å²) < 4.78 is 14.3. The second-order valence-corrected chi connectivity index (χ2v) is 5.96. The number of alkyl halides is 1. The van der Waals surface area contributed by atoms with Gasteiger partial charge in [-0.1, -0.05) is 35.0 Å².